The van der Waals surface area contributed by atoms with Gasteiger partial charge < -0.3 is 10.2 Å². The molecule has 1 aliphatic heterocycles. The van der Waals surface area contributed by atoms with Crippen molar-refractivity contribution in [2.24, 2.45) is 11.8 Å². The second-order valence-electron chi connectivity index (χ2n) is 5.70. The summed E-state index contributed by atoms with van der Waals surface area (Å²) in [7, 11) is 0. The minimum atomic E-state index is 0.734. The Morgan fingerprint density at radius 1 is 1.31 bits per heavy atom. The van der Waals surface area contributed by atoms with Gasteiger partial charge in [-0.1, -0.05) is 34.1 Å². The number of hydrogen-bond donors (Lipinski definition) is 1. The largest absolute Gasteiger partial charge is 0.313 e. The third-order valence-corrected chi connectivity index (χ3v) is 3.73. The van der Waals surface area contributed by atoms with Gasteiger partial charge in [-0.2, -0.15) is 0 Å². The Labute approximate surface area is 102 Å². The lowest BCUT2D eigenvalue weighted by Gasteiger charge is -2.34. The molecule has 2 atom stereocenters. The summed E-state index contributed by atoms with van der Waals surface area (Å²) >= 11 is 0. The van der Waals surface area contributed by atoms with Crippen molar-refractivity contribution in [2.75, 3.05) is 26.2 Å². The number of likely N-dealkylation sites (N-methyl/N-ethyl adjacent to an activating group) is 1. The Bertz CT molecular complexity index is 180. The van der Waals surface area contributed by atoms with Crippen molar-refractivity contribution in [1.82, 2.24) is 10.2 Å². The number of rotatable bonds is 6. The van der Waals surface area contributed by atoms with Crippen molar-refractivity contribution in [1.29, 1.82) is 0 Å². The zero-order valence-electron chi connectivity index (χ0n) is 11.6. The minimum absolute atomic E-state index is 0.734. The van der Waals surface area contributed by atoms with Gasteiger partial charge in [0.05, 0.1) is 0 Å². The molecule has 0 bridgehead atoms. The van der Waals surface area contributed by atoms with E-state index in [0.717, 1.165) is 17.9 Å². The van der Waals surface area contributed by atoms with E-state index in [1.54, 1.807) is 0 Å². The van der Waals surface area contributed by atoms with E-state index in [1.165, 1.54) is 45.4 Å². The number of nitrogens with zero attached hydrogens (tertiary/aromatic N) is 1. The molecule has 0 radical (unpaired) electrons. The standard InChI is InChI=1S/C14H30N2/c1-5-13-7-8-15-14(9-13)11-16(6-2)10-12(3)4/h12-15H,5-11H2,1-4H3. The maximum Gasteiger partial charge on any atom is 0.0197 e. The highest BCUT2D eigenvalue weighted by Crippen LogP contribution is 2.19. The minimum Gasteiger partial charge on any atom is -0.313 e. The van der Waals surface area contributed by atoms with Gasteiger partial charge in [-0.05, 0) is 37.8 Å². The van der Waals surface area contributed by atoms with Gasteiger partial charge in [0.2, 0.25) is 0 Å². The molecular weight excluding hydrogens is 196 g/mol. The summed E-state index contributed by atoms with van der Waals surface area (Å²) < 4.78 is 0. The Morgan fingerprint density at radius 2 is 2.06 bits per heavy atom. The summed E-state index contributed by atoms with van der Waals surface area (Å²) in [5.74, 6) is 1.74. The first-order valence-electron chi connectivity index (χ1n) is 7.11. The third kappa shape index (κ3) is 4.84. The second kappa shape index (κ2) is 7.29. The van der Waals surface area contributed by atoms with Crippen molar-refractivity contribution in [3.05, 3.63) is 0 Å². The van der Waals surface area contributed by atoms with Crippen molar-refractivity contribution >= 4 is 0 Å². The summed E-state index contributed by atoms with van der Waals surface area (Å²) in [5.41, 5.74) is 0. The summed E-state index contributed by atoms with van der Waals surface area (Å²) in [6.45, 7) is 14.1. The molecular formula is C14H30N2. The van der Waals surface area contributed by atoms with Crippen LogP contribution in [0, 0.1) is 11.8 Å². The van der Waals surface area contributed by atoms with Crippen molar-refractivity contribution in [3.63, 3.8) is 0 Å². The van der Waals surface area contributed by atoms with E-state index in [-0.39, 0.29) is 0 Å². The topological polar surface area (TPSA) is 15.3 Å². The maximum absolute atomic E-state index is 3.68. The summed E-state index contributed by atoms with van der Waals surface area (Å²) in [4.78, 5) is 2.60. The predicted octanol–water partition coefficient (Wildman–Crippen LogP) is 2.74. The van der Waals surface area contributed by atoms with Crippen LogP contribution in [0.1, 0.15) is 47.0 Å². The van der Waals surface area contributed by atoms with Gasteiger partial charge in [-0.15, -0.1) is 0 Å². The smallest absolute Gasteiger partial charge is 0.0197 e. The fourth-order valence-electron chi connectivity index (χ4n) is 2.77. The second-order valence-corrected chi connectivity index (χ2v) is 5.70. The van der Waals surface area contributed by atoms with Gasteiger partial charge in [0, 0.05) is 19.1 Å². The fourth-order valence-corrected chi connectivity index (χ4v) is 2.77. The maximum atomic E-state index is 3.68. The number of piperidine rings is 1. The normalized spacial score (nSPS) is 26.6. The molecule has 1 aliphatic rings. The van der Waals surface area contributed by atoms with E-state index in [1.807, 2.05) is 0 Å². The molecule has 1 fully saturated rings. The third-order valence-electron chi connectivity index (χ3n) is 3.73. The first-order chi connectivity index (χ1) is 7.65. The molecule has 0 aliphatic carbocycles. The van der Waals surface area contributed by atoms with Crippen LogP contribution in [0.3, 0.4) is 0 Å². The summed E-state index contributed by atoms with van der Waals surface area (Å²) in [5, 5.41) is 3.68. The van der Waals surface area contributed by atoms with E-state index in [2.05, 4.69) is 37.9 Å². The molecule has 1 saturated heterocycles. The van der Waals surface area contributed by atoms with Crippen LogP contribution in [0.4, 0.5) is 0 Å². The monoisotopic (exact) mass is 226 g/mol. The quantitative estimate of drug-likeness (QED) is 0.749. The number of nitrogens with one attached hydrogen (secondary N) is 1. The fraction of sp³-hybridized carbons (Fsp3) is 1.00. The zero-order chi connectivity index (χ0) is 12.0. The van der Waals surface area contributed by atoms with Crippen LogP contribution >= 0.6 is 0 Å². The molecule has 0 amide bonds. The zero-order valence-corrected chi connectivity index (χ0v) is 11.6. The van der Waals surface area contributed by atoms with Gasteiger partial charge in [-0.25, -0.2) is 0 Å². The van der Waals surface area contributed by atoms with E-state index >= 15 is 0 Å². The molecule has 0 aromatic heterocycles. The van der Waals surface area contributed by atoms with Crippen LogP contribution in [-0.2, 0) is 0 Å². The Morgan fingerprint density at radius 3 is 2.62 bits per heavy atom. The molecule has 2 unspecified atom stereocenters. The van der Waals surface area contributed by atoms with E-state index in [0.29, 0.717) is 0 Å². The highest BCUT2D eigenvalue weighted by atomic mass is 15.1. The Balaban J connectivity index is 2.33. The Hall–Kier alpha value is -0.0800. The first-order valence-corrected chi connectivity index (χ1v) is 7.11. The molecule has 0 spiro atoms. The van der Waals surface area contributed by atoms with E-state index in [4.69, 9.17) is 0 Å². The lowest BCUT2D eigenvalue weighted by molar-refractivity contribution is 0.191. The lowest BCUT2D eigenvalue weighted by atomic mass is 9.90. The molecule has 1 rings (SSSR count). The van der Waals surface area contributed by atoms with Gasteiger partial charge >= 0.3 is 0 Å². The van der Waals surface area contributed by atoms with Crippen LogP contribution in [0.5, 0.6) is 0 Å². The summed E-state index contributed by atoms with van der Waals surface area (Å²) in [6, 6.07) is 0.734. The van der Waals surface area contributed by atoms with E-state index < -0.39 is 0 Å². The van der Waals surface area contributed by atoms with Crippen molar-refractivity contribution in [2.45, 2.75) is 53.0 Å². The van der Waals surface area contributed by atoms with Gasteiger partial charge in [-0.3, -0.25) is 0 Å². The first kappa shape index (κ1) is 14.0. The Kier molecular flexibility index (Phi) is 6.37. The molecule has 16 heavy (non-hydrogen) atoms. The van der Waals surface area contributed by atoms with Crippen LogP contribution in [0.15, 0.2) is 0 Å². The van der Waals surface area contributed by atoms with Gasteiger partial charge in [0.25, 0.3) is 0 Å². The molecule has 1 heterocycles. The molecule has 0 aromatic rings. The van der Waals surface area contributed by atoms with Gasteiger partial charge in [0.1, 0.15) is 0 Å². The summed E-state index contributed by atoms with van der Waals surface area (Å²) in [6.07, 6.45) is 4.11. The molecule has 2 nitrogen and oxygen atoms in total. The molecule has 1 N–H and O–H groups in total. The lowest BCUT2D eigenvalue weighted by Crippen LogP contribution is -2.46. The molecule has 96 valence electrons. The molecule has 0 saturated carbocycles. The average molecular weight is 226 g/mol. The molecule has 0 aromatic carbocycles. The van der Waals surface area contributed by atoms with Crippen molar-refractivity contribution in [3.8, 4) is 0 Å². The highest BCUT2D eigenvalue weighted by molar-refractivity contribution is 4.80. The van der Waals surface area contributed by atoms with Crippen LogP contribution in [0.2, 0.25) is 0 Å². The SMILES string of the molecule is CCC1CCNC(CN(CC)CC(C)C)C1. The van der Waals surface area contributed by atoms with E-state index in [9.17, 15) is 0 Å². The van der Waals surface area contributed by atoms with Crippen LogP contribution in [-0.4, -0.2) is 37.1 Å². The van der Waals surface area contributed by atoms with Crippen LogP contribution < -0.4 is 5.32 Å². The number of hydrogen-bond acceptors (Lipinski definition) is 2. The van der Waals surface area contributed by atoms with Gasteiger partial charge in [0.15, 0.2) is 0 Å². The van der Waals surface area contributed by atoms with Crippen molar-refractivity contribution < 1.29 is 0 Å². The highest BCUT2D eigenvalue weighted by Gasteiger charge is 2.21. The van der Waals surface area contributed by atoms with Crippen LogP contribution in [0.25, 0.3) is 0 Å². The average Bonchev–Trinajstić information content (AvgIpc) is 2.28. The molecule has 2 heteroatoms. The predicted molar refractivity (Wildman–Crippen MR) is 71.8 cm³/mol.